The molecule has 0 atom stereocenters. The molecule has 8 heteroatoms. The second kappa shape index (κ2) is 4.70. The van der Waals surface area contributed by atoms with E-state index in [1.54, 1.807) is 24.3 Å². The first-order valence-electron chi connectivity index (χ1n) is 5.07. The lowest BCUT2D eigenvalue weighted by atomic mass is 10.3. The van der Waals surface area contributed by atoms with E-state index >= 15 is 0 Å². The van der Waals surface area contributed by atoms with Gasteiger partial charge >= 0.3 is 5.69 Å². The molecule has 2 rings (SSSR count). The van der Waals surface area contributed by atoms with Crippen molar-refractivity contribution in [3.63, 3.8) is 0 Å². The minimum absolute atomic E-state index is 0.00496. The van der Waals surface area contributed by atoms with Crippen molar-refractivity contribution >= 4 is 17.5 Å². The van der Waals surface area contributed by atoms with E-state index in [0.717, 1.165) is 11.8 Å². The number of nitrogens with two attached hydrogens (primary N) is 1. The van der Waals surface area contributed by atoms with Gasteiger partial charge in [-0.1, -0.05) is 0 Å². The minimum Gasteiger partial charge on any atom is -0.472 e. The summed E-state index contributed by atoms with van der Waals surface area (Å²) in [6.07, 6.45) is 4.20. The lowest BCUT2D eigenvalue weighted by molar-refractivity contribution is -0.384. The molecule has 0 aliphatic heterocycles. The fraction of sp³-hybridized carbons (Fsp3) is 0.200. The molecule has 0 aromatic carbocycles. The van der Waals surface area contributed by atoms with Gasteiger partial charge in [0.2, 0.25) is 11.8 Å². The van der Waals surface area contributed by atoms with Crippen LogP contribution in [0, 0.1) is 10.1 Å². The highest BCUT2D eigenvalue weighted by atomic mass is 16.6. The molecule has 8 nitrogen and oxygen atoms in total. The molecule has 94 valence electrons. The highest BCUT2D eigenvalue weighted by Gasteiger charge is 2.20. The molecule has 0 aliphatic carbocycles. The van der Waals surface area contributed by atoms with Crippen molar-refractivity contribution in [2.45, 2.75) is 6.54 Å². The summed E-state index contributed by atoms with van der Waals surface area (Å²) in [5, 5.41) is 10.9. The number of nitro groups is 1. The summed E-state index contributed by atoms with van der Waals surface area (Å²) in [6.45, 7) is 0.424. The zero-order valence-electron chi connectivity index (χ0n) is 9.61. The standard InChI is InChI=1S/C10H11N5O3/c1-14(5-7-2-3-18-6-7)9-8(15(16)17)4-12-10(11)13-9/h2-4,6H,5H2,1H3,(H2,11,12,13). The summed E-state index contributed by atoms with van der Waals surface area (Å²) in [5.74, 6) is 0.170. The van der Waals surface area contributed by atoms with Gasteiger partial charge < -0.3 is 15.1 Å². The average molecular weight is 249 g/mol. The van der Waals surface area contributed by atoms with Crippen LogP contribution in [-0.2, 0) is 6.54 Å². The van der Waals surface area contributed by atoms with Crippen molar-refractivity contribution in [3.05, 3.63) is 40.5 Å². The van der Waals surface area contributed by atoms with Gasteiger partial charge in [-0.25, -0.2) is 4.98 Å². The molecule has 0 fully saturated rings. The number of nitrogens with zero attached hydrogens (tertiary/aromatic N) is 4. The van der Waals surface area contributed by atoms with Crippen molar-refractivity contribution in [1.29, 1.82) is 0 Å². The average Bonchev–Trinajstić information content (AvgIpc) is 2.81. The lowest BCUT2D eigenvalue weighted by Crippen LogP contribution is -2.19. The number of anilines is 2. The molecule has 0 saturated heterocycles. The van der Waals surface area contributed by atoms with Crippen LogP contribution in [0.2, 0.25) is 0 Å². The van der Waals surface area contributed by atoms with Crippen LogP contribution in [0.1, 0.15) is 5.56 Å². The van der Waals surface area contributed by atoms with E-state index in [1.165, 1.54) is 6.26 Å². The van der Waals surface area contributed by atoms with Crippen LogP contribution in [0.25, 0.3) is 0 Å². The summed E-state index contributed by atoms with van der Waals surface area (Å²) in [7, 11) is 1.68. The van der Waals surface area contributed by atoms with Crippen molar-refractivity contribution in [3.8, 4) is 0 Å². The molecule has 2 heterocycles. The highest BCUT2D eigenvalue weighted by Crippen LogP contribution is 2.25. The molecule has 0 spiro atoms. The van der Waals surface area contributed by atoms with Crippen LogP contribution in [0.3, 0.4) is 0 Å². The van der Waals surface area contributed by atoms with E-state index in [4.69, 9.17) is 10.2 Å². The predicted molar refractivity (Wildman–Crippen MR) is 63.9 cm³/mol. The van der Waals surface area contributed by atoms with Crippen molar-refractivity contribution in [1.82, 2.24) is 9.97 Å². The van der Waals surface area contributed by atoms with E-state index in [0.29, 0.717) is 6.54 Å². The molecular formula is C10H11N5O3. The van der Waals surface area contributed by atoms with Crippen LogP contribution in [0.15, 0.2) is 29.2 Å². The number of aromatic nitrogens is 2. The van der Waals surface area contributed by atoms with Gasteiger partial charge in [0.25, 0.3) is 0 Å². The topological polar surface area (TPSA) is 111 Å². The summed E-state index contributed by atoms with van der Waals surface area (Å²) >= 11 is 0. The Morgan fingerprint density at radius 3 is 3.00 bits per heavy atom. The molecule has 0 bridgehead atoms. The maximum Gasteiger partial charge on any atom is 0.329 e. The monoisotopic (exact) mass is 249 g/mol. The fourth-order valence-electron chi connectivity index (χ4n) is 1.52. The summed E-state index contributed by atoms with van der Waals surface area (Å²) < 4.78 is 4.93. The Hall–Kier alpha value is -2.64. The quantitative estimate of drug-likeness (QED) is 0.639. The van der Waals surface area contributed by atoms with Crippen molar-refractivity contribution in [2.75, 3.05) is 17.7 Å². The van der Waals surface area contributed by atoms with Crippen molar-refractivity contribution < 1.29 is 9.34 Å². The Morgan fingerprint density at radius 2 is 2.39 bits per heavy atom. The van der Waals surface area contributed by atoms with E-state index in [-0.39, 0.29) is 17.5 Å². The Morgan fingerprint density at radius 1 is 1.61 bits per heavy atom. The molecule has 0 saturated carbocycles. The van der Waals surface area contributed by atoms with Gasteiger partial charge in [-0.2, -0.15) is 4.98 Å². The normalized spacial score (nSPS) is 10.3. The van der Waals surface area contributed by atoms with Crippen LogP contribution in [-0.4, -0.2) is 21.9 Å². The van der Waals surface area contributed by atoms with E-state index in [2.05, 4.69) is 9.97 Å². The molecule has 18 heavy (non-hydrogen) atoms. The maximum absolute atomic E-state index is 10.9. The first-order valence-corrected chi connectivity index (χ1v) is 5.07. The Balaban J connectivity index is 2.31. The third-order valence-electron chi connectivity index (χ3n) is 2.33. The Bertz CT molecular complexity index is 555. The largest absolute Gasteiger partial charge is 0.472 e. The van der Waals surface area contributed by atoms with Crippen molar-refractivity contribution in [2.24, 2.45) is 0 Å². The first-order chi connectivity index (χ1) is 8.58. The maximum atomic E-state index is 10.9. The molecular weight excluding hydrogens is 238 g/mol. The van der Waals surface area contributed by atoms with Gasteiger partial charge in [-0.15, -0.1) is 0 Å². The van der Waals surface area contributed by atoms with Crippen LogP contribution in [0.4, 0.5) is 17.5 Å². The molecule has 2 aromatic rings. The smallest absolute Gasteiger partial charge is 0.329 e. The second-order valence-electron chi connectivity index (χ2n) is 3.68. The number of furan rings is 1. The number of rotatable bonds is 4. The number of nitrogen functional groups attached to an aromatic ring is 1. The number of hydrogen-bond acceptors (Lipinski definition) is 7. The molecule has 0 radical (unpaired) electrons. The summed E-state index contributed by atoms with van der Waals surface area (Å²) in [6, 6.07) is 1.77. The van der Waals surface area contributed by atoms with E-state index in [1.807, 2.05) is 0 Å². The SMILES string of the molecule is CN(Cc1ccoc1)c1nc(N)ncc1[N+](=O)[O-]. The zero-order valence-corrected chi connectivity index (χ0v) is 9.61. The van der Waals surface area contributed by atoms with Gasteiger partial charge in [-0.3, -0.25) is 10.1 Å². The van der Waals surface area contributed by atoms with Gasteiger partial charge in [-0.05, 0) is 6.07 Å². The van der Waals surface area contributed by atoms with Gasteiger partial charge in [0.1, 0.15) is 6.20 Å². The molecule has 2 aromatic heterocycles. The van der Waals surface area contributed by atoms with E-state index < -0.39 is 4.92 Å². The third kappa shape index (κ3) is 2.37. The van der Waals surface area contributed by atoms with E-state index in [9.17, 15) is 10.1 Å². The predicted octanol–water partition coefficient (Wildman–Crippen LogP) is 1.20. The summed E-state index contributed by atoms with van der Waals surface area (Å²) in [4.78, 5) is 19.5. The lowest BCUT2D eigenvalue weighted by Gasteiger charge is -2.16. The molecule has 0 amide bonds. The van der Waals surface area contributed by atoms with Gasteiger partial charge in [0, 0.05) is 19.2 Å². The van der Waals surface area contributed by atoms with Crippen LogP contribution < -0.4 is 10.6 Å². The van der Waals surface area contributed by atoms with Crippen LogP contribution in [0.5, 0.6) is 0 Å². The minimum atomic E-state index is -0.541. The molecule has 0 unspecified atom stereocenters. The van der Waals surface area contributed by atoms with Crippen LogP contribution >= 0.6 is 0 Å². The number of hydrogen-bond donors (Lipinski definition) is 1. The Labute approximate surface area is 102 Å². The highest BCUT2D eigenvalue weighted by molar-refractivity contribution is 5.58. The summed E-state index contributed by atoms with van der Waals surface area (Å²) in [5.41, 5.74) is 6.14. The second-order valence-corrected chi connectivity index (χ2v) is 3.68. The van der Waals surface area contributed by atoms with Gasteiger partial charge in [0.05, 0.1) is 17.4 Å². The third-order valence-corrected chi connectivity index (χ3v) is 2.33. The molecule has 0 aliphatic rings. The fourth-order valence-corrected chi connectivity index (χ4v) is 1.52. The Kier molecular flexibility index (Phi) is 3.09. The zero-order chi connectivity index (χ0) is 13.1. The van der Waals surface area contributed by atoms with Gasteiger partial charge in [0.15, 0.2) is 0 Å². The molecule has 2 N–H and O–H groups in total. The first kappa shape index (κ1) is 11.8.